The maximum absolute atomic E-state index is 14.6. The summed E-state index contributed by atoms with van der Waals surface area (Å²) in [6, 6.07) is 13.2. The fourth-order valence-electron chi connectivity index (χ4n) is 3.26. The van der Waals surface area contributed by atoms with Gasteiger partial charge in [0, 0.05) is 36.6 Å². The fourth-order valence-corrected chi connectivity index (χ4v) is 3.39. The number of nitrogens with zero attached hydrogens (tertiary/aromatic N) is 3. The van der Waals surface area contributed by atoms with Crippen LogP contribution >= 0.6 is 11.6 Å². The number of aryl methyl sites for hydroxylation is 1. The van der Waals surface area contributed by atoms with Crippen LogP contribution in [0.2, 0.25) is 5.02 Å². The molecule has 0 atom stereocenters. The van der Waals surface area contributed by atoms with E-state index in [0.29, 0.717) is 21.9 Å². The summed E-state index contributed by atoms with van der Waals surface area (Å²) >= 11 is 5.98. The first-order chi connectivity index (χ1) is 12.9. The van der Waals surface area contributed by atoms with Gasteiger partial charge in [0.05, 0.1) is 16.6 Å². The molecule has 4 aromatic rings. The third-order valence-corrected chi connectivity index (χ3v) is 4.92. The molecule has 0 amide bonds. The summed E-state index contributed by atoms with van der Waals surface area (Å²) in [5.74, 6) is -0.455. The Kier molecular flexibility index (Phi) is 4.00. The molecule has 0 fully saturated rings. The third kappa shape index (κ3) is 2.61. The van der Waals surface area contributed by atoms with Crippen molar-refractivity contribution >= 4 is 22.5 Å². The van der Waals surface area contributed by atoms with Crippen molar-refractivity contribution in [2.45, 2.75) is 0 Å². The van der Waals surface area contributed by atoms with E-state index in [1.165, 1.54) is 17.7 Å². The zero-order valence-electron chi connectivity index (χ0n) is 14.6. The summed E-state index contributed by atoms with van der Waals surface area (Å²) < 4.78 is 18.8. The van der Waals surface area contributed by atoms with Gasteiger partial charge in [0.15, 0.2) is 0 Å². The highest BCUT2D eigenvalue weighted by molar-refractivity contribution is 6.30. The molecule has 2 aromatic carbocycles. The third-order valence-electron chi connectivity index (χ3n) is 4.67. The predicted molar refractivity (Wildman–Crippen MR) is 104 cm³/mol. The van der Waals surface area contributed by atoms with Gasteiger partial charge < -0.3 is 4.57 Å². The van der Waals surface area contributed by atoms with Crippen molar-refractivity contribution in [1.82, 2.24) is 13.7 Å². The molecule has 2 aromatic heterocycles. The van der Waals surface area contributed by atoms with Crippen molar-refractivity contribution in [1.29, 1.82) is 0 Å². The van der Waals surface area contributed by atoms with E-state index in [0.717, 1.165) is 4.57 Å². The predicted octanol–water partition coefficient (Wildman–Crippen LogP) is 3.49. The maximum Gasteiger partial charge on any atom is 0.330 e. The van der Waals surface area contributed by atoms with Gasteiger partial charge in [-0.2, -0.15) is 0 Å². The van der Waals surface area contributed by atoms with E-state index in [1.54, 1.807) is 60.3 Å². The lowest BCUT2D eigenvalue weighted by Gasteiger charge is -2.11. The molecule has 0 saturated carbocycles. The molecule has 0 unspecified atom stereocenters. The number of rotatable bonds is 2. The fraction of sp³-hybridized carbons (Fsp3) is 0.100. The lowest BCUT2D eigenvalue weighted by Crippen LogP contribution is -2.36. The van der Waals surface area contributed by atoms with E-state index < -0.39 is 17.1 Å². The second-order valence-corrected chi connectivity index (χ2v) is 6.71. The molecule has 0 aliphatic carbocycles. The average Bonchev–Trinajstić information content (AvgIpc) is 3.06. The summed E-state index contributed by atoms with van der Waals surface area (Å²) in [5.41, 5.74) is 0.874. The lowest BCUT2D eigenvalue weighted by molar-refractivity contribution is 0.630. The second kappa shape index (κ2) is 6.25. The van der Waals surface area contributed by atoms with Crippen LogP contribution in [0.1, 0.15) is 0 Å². The molecule has 0 aliphatic heterocycles. The first kappa shape index (κ1) is 17.3. The average molecular weight is 384 g/mol. The Morgan fingerprint density at radius 3 is 2.26 bits per heavy atom. The van der Waals surface area contributed by atoms with Crippen molar-refractivity contribution in [3.05, 3.63) is 86.4 Å². The number of halogens is 2. The summed E-state index contributed by atoms with van der Waals surface area (Å²) in [6.45, 7) is 0. The molecule has 0 saturated heterocycles. The molecule has 2 heterocycles. The van der Waals surface area contributed by atoms with Gasteiger partial charge in [-0.05, 0) is 36.4 Å². The van der Waals surface area contributed by atoms with Gasteiger partial charge in [0.1, 0.15) is 5.82 Å². The number of hydrogen-bond donors (Lipinski definition) is 0. The van der Waals surface area contributed by atoms with Crippen LogP contribution in [0.15, 0.2) is 64.3 Å². The minimum absolute atomic E-state index is 0.276. The lowest BCUT2D eigenvalue weighted by atomic mass is 10.1. The Morgan fingerprint density at radius 2 is 1.59 bits per heavy atom. The smallest absolute Gasteiger partial charge is 0.313 e. The monoisotopic (exact) mass is 383 g/mol. The Bertz CT molecular complexity index is 1300. The number of fused-ring (bicyclic) bond motifs is 1. The minimum Gasteiger partial charge on any atom is -0.313 e. The molecule has 4 rings (SSSR count). The summed E-state index contributed by atoms with van der Waals surface area (Å²) in [5, 5.41) is 0.839. The molecule has 0 aliphatic rings. The van der Waals surface area contributed by atoms with Crippen LogP contribution in [0.5, 0.6) is 0 Å². The molecule has 0 N–H and O–H groups in total. The van der Waals surface area contributed by atoms with Crippen LogP contribution in [0, 0.1) is 5.82 Å². The molecule has 7 heteroatoms. The number of hydrogen-bond acceptors (Lipinski definition) is 2. The van der Waals surface area contributed by atoms with Crippen LogP contribution in [0.25, 0.3) is 27.8 Å². The van der Waals surface area contributed by atoms with Crippen LogP contribution in [-0.2, 0) is 14.1 Å². The highest BCUT2D eigenvalue weighted by Crippen LogP contribution is 2.32. The van der Waals surface area contributed by atoms with E-state index in [9.17, 15) is 14.0 Å². The topological polar surface area (TPSA) is 48.9 Å². The molecule has 0 bridgehead atoms. The number of benzene rings is 2. The largest absolute Gasteiger partial charge is 0.330 e. The zero-order valence-corrected chi connectivity index (χ0v) is 15.4. The highest BCUT2D eigenvalue weighted by Gasteiger charge is 2.21. The van der Waals surface area contributed by atoms with Crippen LogP contribution in [0.4, 0.5) is 4.39 Å². The summed E-state index contributed by atoms with van der Waals surface area (Å²) in [7, 11) is 3.00. The molecule has 0 radical (unpaired) electrons. The van der Waals surface area contributed by atoms with E-state index in [2.05, 4.69) is 0 Å². The quantitative estimate of drug-likeness (QED) is 0.532. The van der Waals surface area contributed by atoms with Crippen molar-refractivity contribution in [3.63, 3.8) is 0 Å². The molecule has 27 heavy (non-hydrogen) atoms. The van der Waals surface area contributed by atoms with Gasteiger partial charge in [-0.15, -0.1) is 0 Å². The van der Waals surface area contributed by atoms with Gasteiger partial charge in [0.25, 0.3) is 5.56 Å². The SMILES string of the molecule is Cn1c(=O)c2c(-c3ccccc3F)n(-c3ccc(Cl)cc3)cc2n(C)c1=O. The second-order valence-electron chi connectivity index (χ2n) is 6.27. The standard InChI is InChI=1S/C20H15ClFN3O2/c1-23-16-11-25(13-9-7-12(21)8-10-13)18(14-5-3-4-6-15(14)22)17(16)19(26)24(2)20(23)27/h3-11H,1-2H3. The molecule has 136 valence electrons. The van der Waals surface area contributed by atoms with Gasteiger partial charge in [-0.3, -0.25) is 13.9 Å². The van der Waals surface area contributed by atoms with Crippen LogP contribution < -0.4 is 11.2 Å². The van der Waals surface area contributed by atoms with Crippen molar-refractivity contribution in [2.75, 3.05) is 0 Å². The van der Waals surface area contributed by atoms with Gasteiger partial charge in [-0.1, -0.05) is 23.7 Å². The van der Waals surface area contributed by atoms with Crippen molar-refractivity contribution in [3.8, 4) is 16.9 Å². The van der Waals surface area contributed by atoms with Crippen LogP contribution in [0.3, 0.4) is 0 Å². The first-order valence-electron chi connectivity index (χ1n) is 8.22. The molecule has 5 nitrogen and oxygen atoms in total. The van der Waals surface area contributed by atoms with Crippen molar-refractivity contribution in [2.24, 2.45) is 14.1 Å². The minimum atomic E-state index is -0.473. The first-order valence-corrected chi connectivity index (χ1v) is 8.60. The van der Waals surface area contributed by atoms with Crippen LogP contribution in [-0.4, -0.2) is 13.7 Å². The zero-order chi connectivity index (χ0) is 19.3. The normalized spacial score (nSPS) is 11.3. The Morgan fingerprint density at radius 1 is 0.926 bits per heavy atom. The van der Waals surface area contributed by atoms with E-state index in [4.69, 9.17) is 11.6 Å². The van der Waals surface area contributed by atoms with Gasteiger partial charge in [0.2, 0.25) is 0 Å². The van der Waals surface area contributed by atoms with Crippen molar-refractivity contribution < 1.29 is 4.39 Å². The maximum atomic E-state index is 14.6. The Balaban J connectivity index is 2.23. The molecule has 0 spiro atoms. The molecular formula is C20H15ClFN3O2. The van der Waals surface area contributed by atoms with Gasteiger partial charge >= 0.3 is 5.69 Å². The highest BCUT2D eigenvalue weighted by atomic mass is 35.5. The Hall–Kier alpha value is -3.12. The Labute approximate surface area is 158 Å². The molecular weight excluding hydrogens is 369 g/mol. The van der Waals surface area contributed by atoms with Gasteiger partial charge in [-0.25, -0.2) is 9.18 Å². The summed E-state index contributed by atoms with van der Waals surface area (Å²) in [4.78, 5) is 25.2. The van der Waals surface area contributed by atoms with E-state index in [-0.39, 0.29) is 10.9 Å². The van der Waals surface area contributed by atoms with E-state index >= 15 is 0 Å². The summed E-state index contributed by atoms with van der Waals surface area (Å²) in [6.07, 6.45) is 1.67. The van der Waals surface area contributed by atoms with E-state index in [1.807, 2.05) is 0 Å². The number of aromatic nitrogens is 3.